The smallest absolute Gasteiger partial charge is 0.176 e. The van der Waals surface area contributed by atoms with Crippen LogP contribution in [-0.4, -0.2) is 24.8 Å². The molecule has 0 unspecified atom stereocenters. The van der Waals surface area contributed by atoms with Crippen molar-refractivity contribution in [2.45, 2.75) is 4.90 Å². The second-order valence-electron chi connectivity index (χ2n) is 3.39. The highest BCUT2D eigenvalue weighted by atomic mass is 35.5. The summed E-state index contributed by atoms with van der Waals surface area (Å²) in [6.45, 7) is 0. The normalized spacial score (nSPS) is 11.9. The van der Waals surface area contributed by atoms with Gasteiger partial charge in [0, 0.05) is 17.0 Å². The third-order valence-corrected chi connectivity index (χ3v) is 3.64. The molecule has 0 fully saturated rings. The highest BCUT2D eigenvalue weighted by molar-refractivity contribution is 7.91. The molecule has 0 saturated heterocycles. The first-order valence-corrected chi connectivity index (χ1v) is 6.64. The number of hydrogen-bond acceptors (Lipinski definition) is 4. The van der Waals surface area contributed by atoms with E-state index < -0.39 is 9.84 Å². The van der Waals surface area contributed by atoms with Crippen molar-refractivity contribution in [2.75, 3.05) is 6.26 Å². The Labute approximate surface area is 97.4 Å². The molecule has 0 aliphatic heterocycles. The van der Waals surface area contributed by atoms with E-state index in [1.165, 1.54) is 6.07 Å². The molecule has 1 N–H and O–H groups in total. The molecule has 0 radical (unpaired) electrons. The van der Waals surface area contributed by atoms with E-state index in [0.717, 1.165) is 12.5 Å². The summed E-state index contributed by atoms with van der Waals surface area (Å²) in [7, 11) is -3.42. The van der Waals surface area contributed by atoms with Crippen molar-refractivity contribution in [2.24, 2.45) is 0 Å². The SMILES string of the molecule is CS(=O)(=O)c1cccc2c(Cl)ncc(O)c12. The van der Waals surface area contributed by atoms with Gasteiger partial charge >= 0.3 is 0 Å². The molecule has 0 atom stereocenters. The fourth-order valence-electron chi connectivity index (χ4n) is 1.53. The fraction of sp³-hybridized carbons (Fsp3) is 0.100. The first kappa shape index (κ1) is 11.2. The van der Waals surface area contributed by atoms with Gasteiger partial charge in [0.25, 0.3) is 0 Å². The Hall–Kier alpha value is -1.33. The molecule has 4 nitrogen and oxygen atoms in total. The molecule has 0 bridgehead atoms. The van der Waals surface area contributed by atoms with E-state index in [0.29, 0.717) is 5.39 Å². The lowest BCUT2D eigenvalue weighted by Crippen LogP contribution is -1.98. The van der Waals surface area contributed by atoms with Gasteiger partial charge in [0.2, 0.25) is 0 Å². The van der Waals surface area contributed by atoms with E-state index in [9.17, 15) is 13.5 Å². The van der Waals surface area contributed by atoms with Crippen LogP contribution in [0.25, 0.3) is 10.8 Å². The van der Waals surface area contributed by atoms with Crippen LogP contribution in [0, 0.1) is 0 Å². The molecule has 0 amide bonds. The van der Waals surface area contributed by atoms with Gasteiger partial charge in [-0.05, 0) is 6.07 Å². The lowest BCUT2D eigenvalue weighted by Gasteiger charge is -2.07. The third kappa shape index (κ3) is 1.72. The fourth-order valence-corrected chi connectivity index (χ4v) is 2.65. The molecule has 1 aromatic carbocycles. The minimum absolute atomic E-state index is 0.0480. The summed E-state index contributed by atoms with van der Waals surface area (Å²) in [5.74, 6) is -0.194. The standard InChI is InChI=1S/C10H8ClNO3S/c1-16(14,15)8-4-2-3-6-9(8)7(13)5-12-10(6)11/h2-5,13H,1H3. The molecule has 2 aromatic rings. The van der Waals surface area contributed by atoms with E-state index in [2.05, 4.69) is 4.98 Å². The summed E-state index contributed by atoms with van der Waals surface area (Å²) >= 11 is 5.83. The van der Waals surface area contributed by atoms with Crippen molar-refractivity contribution in [3.05, 3.63) is 29.5 Å². The van der Waals surface area contributed by atoms with Crippen LogP contribution in [0.5, 0.6) is 5.75 Å². The molecule has 0 aliphatic carbocycles. The van der Waals surface area contributed by atoms with Crippen LogP contribution in [0.3, 0.4) is 0 Å². The quantitative estimate of drug-likeness (QED) is 0.794. The Kier molecular flexibility index (Phi) is 2.52. The number of nitrogens with zero attached hydrogens (tertiary/aromatic N) is 1. The molecule has 1 aromatic heterocycles. The Morgan fingerprint density at radius 1 is 1.38 bits per heavy atom. The molecule has 2 rings (SSSR count). The summed E-state index contributed by atoms with van der Waals surface area (Å²) in [6, 6.07) is 4.60. The van der Waals surface area contributed by atoms with Crippen molar-refractivity contribution in [1.82, 2.24) is 4.98 Å². The van der Waals surface area contributed by atoms with Crippen LogP contribution in [0.1, 0.15) is 0 Å². The van der Waals surface area contributed by atoms with Gasteiger partial charge in [-0.25, -0.2) is 13.4 Å². The Balaban J connectivity index is 3.04. The number of rotatable bonds is 1. The average Bonchev–Trinajstić information content (AvgIpc) is 2.22. The number of fused-ring (bicyclic) bond motifs is 1. The van der Waals surface area contributed by atoms with E-state index in [1.807, 2.05) is 0 Å². The van der Waals surface area contributed by atoms with E-state index in [4.69, 9.17) is 11.6 Å². The average molecular weight is 258 g/mol. The summed E-state index contributed by atoms with van der Waals surface area (Å²) < 4.78 is 23.1. The zero-order valence-corrected chi connectivity index (χ0v) is 9.88. The first-order valence-electron chi connectivity index (χ1n) is 4.37. The first-order chi connectivity index (χ1) is 7.41. The maximum Gasteiger partial charge on any atom is 0.176 e. The van der Waals surface area contributed by atoms with Crippen LogP contribution < -0.4 is 0 Å². The van der Waals surface area contributed by atoms with Gasteiger partial charge in [-0.2, -0.15) is 0 Å². The maximum absolute atomic E-state index is 11.5. The van der Waals surface area contributed by atoms with Gasteiger partial charge in [0.05, 0.1) is 11.1 Å². The Bertz CT molecular complexity index is 667. The number of aromatic nitrogens is 1. The minimum Gasteiger partial charge on any atom is -0.506 e. The lowest BCUT2D eigenvalue weighted by molar-refractivity contribution is 0.478. The molecular formula is C10H8ClNO3S. The number of sulfone groups is 1. The molecule has 1 heterocycles. The van der Waals surface area contributed by atoms with Crippen molar-refractivity contribution < 1.29 is 13.5 Å². The number of hydrogen-bond donors (Lipinski definition) is 1. The third-order valence-electron chi connectivity index (χ3n) is 2.20. The van der Waals surface area contributed by atoms with Crippen molar-refractivity contribution in [3.63, 3.8) is 0 Å². The van der Waals surface area contributed by atoms with Gasteiger partial charge in [0.15, 0.2) is 9.84 Å². The number of pyridine rings is 1. The van der Waals surface area contributed by atoms with Crippen LogP contribution in [-0.2, 0) is 9.84 Å². The zero-order valence-electron chi connectivity index (χ0n) is 8.31. The maximum atomic E-state index is 11.5. The number of benzene rings is 1. The summed E-state index contributed by atoms with van der Waals surface area (Å²) in [5, 5.41) is 10.5. The van der Waals surface area contributed by atoms with Crippen molar-refractivity contribution in [3.8, 4) is 5.75 Å². The minimum atomic E-state index is -3.42. The molecule has 0 spiro atoms. The predicted octanol–water partition coefficient (Wildman–Crippen LogP) is 2.00. The van der Waals surface area contributed by atoms with Crippen LogP contribution in [0.15, 0.2) is 29.3 Å². The van der Waals surface area contributed by atoms with Gasteiger partial charge in [-0.3, -0.25) is 0 Å². The molecule has 6 heteroatoms. The molecule has 16 heavy (non-hydrogen) atoms. The van der Waals surface area contributed by atoms with E-state index in [1.54, 1.807) is 12.1 Å². The second-order valence-corrected chi connectivity index (χ2v) is 5.73. The molecule has 0 aliphatic rings. The zero-order chi connectivity index (χ0) is 11.9. The molecule has 0 saturated carbocycles. The Morgan fingerprint density at radius 3 is 2.69 bits per heavy atom. The largest absolute Gasteiger partial charge is 0.506 e. The second kappa shape index (κ2) is 3.61. The van der Waals surface area contributed by atoms with Crippen molar-refractivity contribution >= 4 is 32.2 Å². The molecule has 84 valence electrons. The van der Waals surface area contributed by atoms with E-state index >= 15 is 0 Å². The van der Waals surface area contributed by atoms with Gasteiger partial charge in [0.1, 0.15) is 10.9 Å². The van der Waals surface area contributed by atoms with Gasteiger partial charge < -0.3 is 5.11 Å². The number of aromatic hydroxyl groups is 1. The molecular weight excluding hydrogens is 250 g/mol. The number of halogens is 1. The Morgan fingerprint density at radius 2 is 2.06 bits per heavy atom. The van der Waals surface area contributed by atoms with Crippen molar-refractivity contribution in [1.29, 1.82) is 0 Å². The summed E-state index contributed by atoms with van der Waals surface area (Å²) in [6.07, 6.45) is 2.22. The van der Waals surface area contributed by atoms with Crippen LogP contribution in [0.4, 0.5) is 0 Å². The summed E-state index contributed by atoms with van der Waals surface area (Å²) in [5.41, 5.74) is 0. The highest BCUT2D eigenvalue weighted by Gasteiger charge is 2.16. The van der Waals surface area contributed by atoms with Crippen LogP contribution >= 0.6 is 11.6 Å². The lowest BCUT2D eigenvalue weighted by atomic mass is 10.1. The topological polar surface area (TPSA) is 67.3 Å². The highest BCUT2D eigenvalue weighted by Crippen LogP contribution is 2.33. The van der Waals surface area contributed by atoms with E-state index in [-0.39, 0.29) is 21.2 Å². The summed E-state index contributed by atoms with van der Waals surface area (Å²) in [4.78, 5) is 3.80. The van der Waals surface area contributed by atoms with Gasteiger partial charge in [-0.1, -0.05) is 23.7 Å². The van der Waals surface area contributed by atoms with Crippen LogP contribution in [0.2, 0.25) is 5.15 Å². The predicted molar refractivity (Wildman–Crippen MR) is 61.5 cm³/mol. The van der Waals surface area contributed by atoms with Gasteiger partial charge in [-0.15, -0.1) is 0 Å². The monoisotopic (exact) mass is 257 g/mol.